The summed E-state index contributed by atoms with van der Waals surface area (Å²) in [6, 6.07) is 15.8. The van der Waals surface area contributed by atoms with Gasteiger partial charge in [-0.2, -0.15) is 4.98 Å². The Hall–Kier alpha value is -3.40. The zero-order valence-electron chi connectivity index (χ0n) is 16.8. The number of hydrogen-bond acceptors (Lipinski definition) is 7. The molecule has 0 spiro atoms. The number of rotatable bonds is 8. The summed E-state index contributed by atoms with van der Waals surface area (Å²) < 4.78 is 35.1. The van der Waals surface area contributed by atoms with Gasteiger partial charge in [0.1, 0.15) is 5.75 Å². The second-order valence-corrected chi connectivity index (χ2v) is 8.59. The SMILES string of the molecule is CC(Oc1ccc(N(C)S(C)(=O)=O)cc1)C(=O)NCc1nc(-c2ccccc2)no1. The summed E-state index contributed by atoms with van der Waals surface area (Å²) >= 11 is 0. The van der Waals surface area contributed by atoms with Crippen LogP contribution in [0.15, 0.2) is 59.1 Å². The van der Waals surface area contributed by atoms with Crippen molar-refractivity contribution >= 4 is 21.6 Å². The predicted molar refractivity (Wildman–Crippen MR) is 111 cm³/mol. The number of nitrogens with one attached hydrogen (secondary N) is 1. The molecule has 1 aromatic heterocycles. The highest BCUT2D eigenvalue weighted by Gasteiger charge is 2.17. The van der Waals surface area contributed by atoms with Crippen LogP contribution in [0.1, 0.15) is 12.8 Å². The molecular weight excluding hydrogens is 408 g/mol. The molecule has 158 valence electrons. The van der Waals surface area contributed by atoms with E-state index in [2.05, 4.69) is 15.5 Å². The van der Waals surface area contributed by atoms with Crippen LogP contribution < -0.4 is 14.4 Å². The molecule has 1 N–H and O–H groups in total. The van der Waals surface area contributed by atoms with E-state index in [0.29, 0.717) is 17.3 Å². The van der Waals surface area contributed by atoms with E-state index in [4.69, 9.17) is 9.26 Å². The van der Waals surface area contributed by atoms with Crippen LogP contribution in [-0.2, 0) is 21.4 Å². The van der Waals surface area contributed by atoms with Gasteiger partial charge in [0.25, 0.3) is 5.91 Å². The number of hydrogen-bond donors (Lipinski definition) is 1. The summed E-state index contributed by atoms with van der Waals surface area (Å²) in [5.41, 5.74) is 1.31. The number of anilines is 1. The van der Waals surface area contributed by atoms with E-state index < -0.39 is 16.1 Å². The van der Waals surface area contributed by atoms with Gasteiger partial charge in [0.05, 0.1) is 18.5 Å². The van der Waals surface area contributed by atoms with Crippen LogP contribution in [0.3, 0.4) is 0 Å². The third-order valence-electron chi connectivity index (χ3n) is 4.29. The smallest absolute Gasteiger partial charge is 0.261 e. The number of nitrogens with zero attached hydrogens (tertiary/aromatic N) is 3. The molecule has 2 aromatic carbocycles. The fraction of sp³-hybridized carbons (Fsp3) is 0.250. The average Bonchev–Trinajstić information content (AvgIpc) is 3.21. The number of ether oxygens (including phenoxy) is 1. The molecule has 1 atom stereocenters. The van der Waals surface area contributed by atoms with Crippen LogP contribution in [0, 0.1) is 0 Å². The quantitative estimate of drug-likeness (QED) is 0.583. The van der Waals surface area contributed by atoms with Crippen molar-refractivity contribution in [2.75, 3.05) is 17.6 Å². The lowest BCUT2D eigenvalue weighted by molar-refractivity contribution is -0.127. The minimum Gasteiger partial charge on any atom is -0.481 e. The number of amides is 1. The van der Waals surface area contributed by atoms with Crippen molar-refractivity contribution in [2.45, 2.75) is 19.6 Å². The van der Waals surface area contributed by atoms with Gasteiger partial charge in [-0.1, -0.05) is 35.5 Å². The third-order valence-corrected chi connectivity index (χ3v) is 5.50. The van der Waals surface area contributed by atoms with Crippen LogP contribution in [0.2, 0.25) is 0 Å². The van der Waals surface area contributed by atoms with Crippen LogP contribution >= 0.6 is 0 Å². The first kappa shape index (κ1) is 21.3. The fourth-order valence-electron chi connectivity index (χ4n) is 2.52. The van der Waals surface area contributed by atoms with Gasteiger partial charge in [-0.05, 0) is 31.2 Å². The van der Waals surface area contributed by atoms with Crippen molar-refractivity contribution in [2.24, 2.45) is 0 Å². The molecule has 0 bridgehead atoms. The first-order valence-electron chi connectivity index (χ1n) is 9.10. The Morgan fingerprint density at radius 1 is 1.17 bits per heavy atom. The van der Waals surface area contributed by atoms with Crippen molar-refractivity contribution in [3.63, 3.8) is 0 Å². The van der Waals surface area contributed by atoms with Crippen molar-refractivity contribution in [1.29, 1.82) is 0 Å². The van der Waals surface area contributed by atoms with E-state index in [1.54, 1.807) is 31.2 Å². The van der Waals surface area contributed by atoms with E-state index in [1.165, 1.54) is 7.05 Å². The summed E-state index contributed by atoms with van der Waals surface area (Å²) in [6.45, 7) is 1.68. The first-order valence-corrected chi connectivity index (χ1v) is 10.9. The Bertz CT molecular complexity index is 1100. The Morgan fingerprint density at radius 2 is 1.83 bits per heavy atom. The lowest BCUT2D eigenvalue weighted by Gasteiger charge is -2.18. The molecule has 1 amide bonds. The van der Waals surface area contributed by atoms with E-state index in [9.17, 15) is 13.2 Å². The highest BCUT2D eigenvalue weighted by Crippen LogP contribution is 2.21. The molecule has 0 aliphatic heterocycles. The molecule has 1 heterocycles. The molecule has 1 unspecified atom stereocenters. The minimum absolute atomic E-state index is 0.0739. The molecule has 3 aromatic rings. The minimum atomic E-state index is -3.35. The molecule has 0 aliphatic rings. The van der Waals surface area contributed by atoms with Crippen molar-refractivity contribution in [3.8, 4) is 17.1 Å². The normalized spacial score (nSPS) is 12.2. The fourth-order valence-corrected chi connectivity index (χ4v) is 3.03. The average molecular weight is 430 g/mol. The molecule has 9 nitrogen and oxygen atoms in total. The maximum Gasteiger partial charge on any atom is 0.261 e. The van der Waals surface area contributed by atoms with Crippen LogP contribution in [0.5, 0.6) is 5.75 Å². The largest absolute Gasteiger partial charge is 0.481 e. The zero-order valence-corrected chi connectivity index (χ0v) is 17.6. The number of sulfonamides is 1. The lowest BCUT2D eigenvalue weighted by atomic mass is 10.2. The second-order valence-electron chi connectivity index (χ2n) is 6.58. The Kier molecular flexibility index (Phi) is 6.36. The summed E-state index contributed by atoms with van der Waals surface area (Å²) in [4.78, 5) is 16.5. The molecule has 3 rings (SSSR count). The van der Waals surface area contributed by atoms with Gasteiger partial charge in [-0.3, -0.25) is 9.10 Å². The summed E-state index contributed by atoms with van der Waals surface area (Å²) in [5.74, 6) is 0.810. The van der Waals surface area contributed by atoms with Gasteiger partial charge in [-0.15, -0.1) is 0 Å². The predicted octanol–water partition coefficient (Wildman–Crippen LogP) is 2.22. The Balaban J connectivity index is 1.53. The lowest BCUT2D eigenvalue weighted by Crippen LogP contribution is -2.36. The van der Waals surface area contributed by atoms with Gasteiger partial charge in [-0.25, -0.2) is 8.42 Å². The zero-order chi connectivity index (χ0) is 21.7. The third kappa shape index (κ3) is 5.35. The van der Waals surface area contributed by atoms with Gasteiger partial charge in [0.2, 0.25) is 21.7 Å². The monoisotopic (exact) mass is 430 g/mol. The summed E-state index contributed by atoms with van der Waals surface area (Å²) in [5, 5.41) is 6.59. The van der Waals surface area contributed by atoms with Crippen molar-refractivity contribution in [3.05, 3.63) is 60.5 Å². The Labute approximate surface area is 174 Å². The van der Waals surface area contributed by atoms with Crippen molar-refractivity contribution < 1.29 is 22.5 Å². The number of benzene rings is 2. The molecule has 0 fully saturated rings. The molecular formula is C20H22N4O5S. The Morgan fingerprint density at radius 3 is 2.47 bits per heavy atom. The molecule has 0 saturated heterocycles. The standard InChI is InChI=1S/C20H22N4O5S/c1-14(28-17-11-9-16(10-12-17)24(2)30(3,26)27)20(25)21-13-18-22-19(23-29-18)15-7-5-4-6-8-15/h4-12,14H,13H2,1-3H3,(H,21,25). The molecule has 10 heteroatoms. The van der Waals surface area contributed by atoms with Gasteiger partial charge >= 0.3 is 0 Å². The van der Waals surface area contributed by atoms with E-state index >= 15 is 0 Å². The highest BCUT2D eigenvalue weighted by molar-refractivity contribution is 7.92. The molecule has 30 heavy (non-hydrogen) atoms. The van der Waals surface area contributed by atoms with E-state index in [-0.39, 0.29) is 18.3 Å². The van der Waals surface area contributed by atoms with Gasteiger partial charge < -0.3 is 14.6 Å². The second kappa shape index (κ2) is 8.95. The number of carbonyl (C=O) groups is 1. The van der Waals surface area contributed by atoms with Crippen molar-refractivity contribution in [1.82, 2.24) is 15.5 Å². The number of aromatic nitrogens is 2. The van der Waals surface area contributed by atoms with E-state index in [1.807, 2.05) is 30.3 Å². The summed E-state index contributed by atoms with van der Waals surface area (Å²) in [7, 11) is -1.89. The van der Waals surface area contributed by atoms with Gasteiger partial charge in [0, 0.05) is 12.6 Å². The first-order chi connectivity index (χ1) is 14.2. The topological polar surface area (TPSA) is 115 Å². The maximum absolute atomic E-state index is 12.3. The summed E-state index contributed by atoms with van der Waals surface area (Å²) in [6.07, 6.45) is 0.343. The highest BCUT2D eigenvalue weighted by atomic mass is 32.2. The van der Waals surface area contributed by atoms with Gasteiger partial charge in [0.15, 0.2) is 6.10 Å². The van der Waals surface area contributed by atoms with E-state index in [0.717, 1.165) is 16.1 Å². The molecule has 0 saturated carbocycles. The molecule has 0 radical (unpaired) electrons. The number of carbonyl (C=O) groups excluding carboxylic acids is 1. The maximum atomic E-state index is 12.3. The van der Waals surface area contributed by atoms with Crippen LogP contribution in [-0.4, -0.2) is 43.9 Å². The van der Waals surface area contributed by atoms with Crippen LogP contribution in [0.25, 0.3) is 11.4 Å². The molecule has 0 aliphatic carbocycles. The van der Waals surface area contributed by atoms with Crippen LogP contribution in [0.4, 0.5) is 5.69 Å².